The Labute approximate surface area is 125 Å². The molecule has 0 bridgehead atoms. The van der Waals surface area contributed by atoms with Crippen LogP contribution in [-0.4, -0.2) is 9.97 Å². The Kier molecular flexibility index (Phi) is 4.15. The summed E-state index contributed by atoms with van der Waals surface area (Å²) in [5, 5.41) is 3.54. The molecular weight excluding hydrogens is 260 g/mol. The first-order valence-electron chi connectivity index (χ1n) is 7.66. The number of fused-ring (bicyclic) bond motifs is 1. The first kappa shape index (κ1) is 14.0. The standard InChI is InChI=1S/C17H22N4/c1-12(14-8-6-13(10-18)7-9-14)21-17-15-4-2-3-5-16(15)19-11-20-17/h6-9,11-12H,2-5,10,18H2,1H3,(H,19,20,21). The van der Waals surface area contributed by atoms with Crippen LogP contribution >= 0.6 is 0 Å². The highest BCUT2D eigenvalue weighted by Gasteiger charge is 2.17. The Balaban J connectivity index is 1.79. The molecule has 0 saturated carbocycles. The highest BCUT2D eigenvalue weighted by molar-refractivity contribution is 5.48. The van der Waals surface area contributed by atoms with Gasteiger partial charge in [0, 0.05) is 23.8 Å². The van der Waals surface area contributed by atoms with E-state index in [9.17, 15) is 0 Å². The smallest absolute Gasteiger partial charge is 0.133 e. The van der Waals surface area contributed by atoms with Crippen molar-refractivity contribution in [1.29, 1.82) is 0 Å². The number of benzene rings is 1. The molecule has 21 heavy (non-hydrogen) atoms. The van der Waals surface area contributed by atoms with Crippen LogP contribution < -0.4 is 11.1 Å². The zero-order valence-corrected chi connectivity index (χ0v) is 12.5. The van der Waals surface area contributed by atoms with Crippen molar-refractivity contribution in [2.75, 3.05) is 5.32 Å². The zero-order chi connectivity index (χ0) is 14.7. The van der Waals surface area contributed by atoms with E-state index in [4.69, 9.17) is 5.73 Å². The van der Waals surface area contributed by atoms with E-state index in [-0.39, 0.29) is 6.04 Å². The number of aromatic nitrogens is 2. The summed E-state index contributed by atoms with van der Waals surface area (Å²) in [5.74, 6) is 0.995. The van der Waals surface area contributed by atoms with Gasteiger partial charge in [-0.25, -0.2) is 9.97 Å². The number of rotatable bonds is 4. The molecule has 0 aliphatic heterocycles. The third kappa shape index (κ3) is 3.05. The van der Waals surface area contributed by atoms with E-state index >= 15 is 0 Å². The monoisotopic (exact) mass is 282 g/mol. The van der Waals surface area contributed by atoms with Crippen molar-refractivity contribution in [2.24, 2.45) is 5.73 Å². The van der Waals surface area contributed by atoms with Gasteiger partial charge in [0.15, 0.2) is 0 Å². The molecule has 1 aliphatic rings. The molecule has 1 aliphatic carbocycles. The fourth-order valence-electron chi connectivity index (χ4n) is 2.88. The highest BCUT2D eigenvalue weighted by atomic mass is 15.0. The number of hydrogen-bond acceptors (Lipinski definition) is 4. The summed E-state index contributed by atoms with van der Waals surface area (Å²) in [7, 11) is 0. The number of nitrogens with one attached hydrogen (secondary N) is 1. The third-order valence-corrected chi connectivity index (χ3v) is 4.19. The molecular formula is C17H22N4. The summed E-state index contributed by atoms with van der Waals surface area (Å²) in [5.41, 5.74) is 10.6. The number of anilines is 1. The Morgan fingerprint density at radius 2 is 1.90 bits per heavy atom. The molecule has 3 N–H and O–H groups in total. The largest absolute Gasteiger partial charge is 0.363 e. The molecule has 1 atom stereocenters. The van der Waals surface area contributed by atoms with Crippen LogP contribution in [0.4, 0.5) is 5.82 Å². The molecule has 4 nitrogen and oxygen atoms in total. The minimum Gasteiger partial charge on any atom is -0.363 e. The summed E-state index contributed by atoms with van der Waals surface area (Å²) in [6.45, 7) is 2.75. The van der Waals surface area contributed by atoms with Gasteiger partial charge in [0.2, 0.25) is 0 Å². The zero-order valence-electron chi connectivity index (χ0n) is 12.5. The Bertz CT molecular complexity index is 607. The lowest BCUT2D eigenvalue weighted by atomic mass is 9.96. The van der Waals surface area contributed by atoms with Crippen LogP contribution in [0.1, 0.15) is 48.2 Å². The van der Waals surface area contributed by atoms with E-state index in [0.29, 0.717) is 6.54 Å². The second-order valence-electron chi connectivity index (χ2n) is 5.67. The van der Waals surface area contributed by atoms with Crippen molar-refractivity contribution >= 4 is 5.82 Å². The van der Waals surface area contributed by atoms with Crippen LogP contribution in [0, 0.1) is 0 Å². The maximum absolute atomic E-state index is 5.64. The molecule has 2 aromatic rings. The van der Waals surface area contributed by atoms with Crippen LogP contribution in [0.25, 0.3) is 0 Å². The van der Waals surface area contributed by atoms with Crippen LogP contribution in [0.15, 0.2) is 30.6 Å². The second kappa shape index (κ2) is 6.22. The van der Waals surface area contributed by atoms with Crippen molar-refractivity contribution in [1.82, 2.24) is 9.97 Å². The van der Waals surface area contributed by atoms with Crippen molar-refractivity contribution in [3.05, 3.63) is 53.0 Å². The maximum Gasteiger partial charge on any atom is 0.133 e. The molecule has 0 radical (unpaired) electrons. The van der Waals surface area contributed by atoms with Gasteiger partial charge in [-0.15, -0.1) is 0 Å². The van der Waals surface area contributed by atoms with Gasteiger partial charge in [-0.1, -0.05) is 24.3 Å². The lowest BCUT2D eigenvalue weighted by molar-refractivity contribution is 0.661. The summed E-state index contributed by atoms with van der Waals surface area (Å²) < 4.78 is 0. The fourth-order valence-corrected chi connectivity index (χ4v) is 2.88. The van der Waals surface area contributed by atoms with E-state index in [1.165, 1.54) is 29.7 Å². The molecule has 1 unspecified atom stereocenters. The van der Waals surface area contributed by atoms with Gasteiger partial charge in [0.05, 0.1) is 0 Å². The number of nitrogens with two attached hydrogens (primary N) is 1. The third-order valence-electron chi connectivity index (χ3n) is 4.19. The number of aryl methyl sites for hydroxylation is 1. The summed E-state index contributed by atoms with van der Waals surface area (Å²) in [6, 6.07) is 8.66. The quantitative estimate of drug-likeness (QED) is 0.905. The van der Waals surface area contributed by atoms with Crippen molar-refractivity contribution in [2.45, 2.75) is 45.2 Å². The summed E-state index contributed by atoms with van der Waals surface area (Å²) in [4.78, 5) is 8.87. The molecule has 0 saturated heterocycles. The average molecular weight is 282 g/mol. The average Bonchev–Trinajstić information content (AvgIpc) is 2.55. The van der Waals surface area contributed by atoms with Gasteiger partial charge in [-0.2, -0.15) is 0 Å². The summed E-state index contributed by atoms with van der Waals surface area (Å²) in [6.07, 6.45) is 6.30. The van der Waals surface area contributed by atoms with Crippen molar-refractivity contribution < 1.29 is 0 Å². The lowest BCUT2D eigenvalue weighted by Crippen LogP contribution is -2.14. The molecule has 0 fully saturated rings. The predicted molar refractivity (Wildman–Crippen MR) is 85.0 cm³/mol. The van der Waals surface area contributed by atoms with E-state index in [1.54, 1.807) is 6.33 Å². The molecule has 1 aromatic heterocycles. The van der Waals surface area contributed by atoms with E-state index in [0.717, 1.165) is 24.2 Å². The predicted octanol–water partition coefficient (Wildman–Crippen LogP) is 2.99. The molecule has 1 aromatic carbocycles. The normalized spacial score (nSPS) is 15.3. The fraction of sp³-hybridized carbons (Fsp3) is 0.412. The Morgan fingerprint density at radius 1 is 1.14 bits per heavy atom. The van der Waals surface area contributed by atoms with Gasteiger partial charge in [0.1, 0.15) is 12.1 Å². The highest BCUT2D eigenvalue weighted by Crippen LogP contribution is 2.27. The van der Waals surface area contributed by atoms with Crippen LogP contribution in [0.2, 0.25) is 0 Å². The van der Waals surface area contributed by atoms with Gasteiger partial charge >= 0.3 is 0 Å². The van der Waals surface area contributed by atoms with Gasteiger partial charge in [0.25, 0.3) is 0 Å². The summed E-state index contributed by atoms with van der Waals surface area (Å²) >= 11 is 0. The van der Waals surface area contributed by atoms with E-state index in [2.05, 4.69) is 46.5 Å². The molecule has 3 rings (SSSR count). The topological polar surface area (TPSA) is 63.8 Å². The van der Waals surface area contributed by atoms with Gasteiger partial charge in [-0.3, -0.25) is 0 Å². The molecule has 0 amide bonds. The number of nitrogens with zero attached hydrogens (tertiary/aromatic N) is 2. The first-order valence-corrected chi connectivity index (χ1v) is 7.66. The van der Waals surface area contributed by atoms with Crippen molar-refractivity contribution in [3.8, 4) is 0 Å². The minimum atomic E-state index is 0.220. The van der Waals surface area contributed by atoms with Crippen LogP contribution in [0.5, 0.6) is 0 Å². The molecule has 4 heteroatoms. The Morgan fingerprint density at radius 3 is 2.67 bits per heavy atom. The maximum atomic E-state index is 5.64. The minimum absolute atomic E-state index is 0.220. The van der Waals surface area contributed by atoms with Crippen molar-refractivity contribution in [3.63, 3.8) is 0 Å². The van der Waals surface area contributed by atoms with Crippen LogP contribution in [-0.2, 0) is 19.4 Å². The molecule has 110 valence electrons. The SMILES string of the molecule is CC(Nc1ncnc2c1CCCC2)c1ccc(CN)cc1. The van der Waals surface area contributed by atoms with Crippen LogP contribution in [0.3, 0.4) is 0 Å². The van der Waals surface area contributed by atoms with E-state index in [1.807, 2.05) is 0 Å². The lowest BCUT2D eigenvalue weighted by Gasteiger charge is -2.21. The molecule has 1 heterocycles. The first-order chi connectivity index (χ1) is 10.3. The Hall–Kier alpha value is -1.94. The van der Waals surface area contributed by atoms with Gasteiger partial charge < -0.3 is 11.1 Å². The molecule has 0 spiro atoms. The second-order valence-corrected chi connectivity index (χ2v) is 5.67. The number of hydrogen-bond donors (Lipinski definition) is 2. The van der Waals surface area contributed by atoms with E-state index < -0.39 is 0 Å². The van der Waals surface area contributed by atoms with Gasteiger partial charge in [-0.05, 0) is 43.7 Å².